The highest BCUT2D eigenvalue weighted by atomic mass is 16.4. The van der Waals surface area contributed by atoms with Crippen LogP contribution in [0.4, 0.5) is 10.5 Å². The molecular weight excluding hydrogens is 270 g/mol. The summed E-state index contributed by atoms with van der Waals surface area (Å²) in [6.45, 7) is 1.08. The summed E-state index contributed by atoms with van der Waals surface area (Å²) in [7, 11) is 0. The van der Waals surface area contributed by atoms with Crippen molar-refractivity contribution in [3.63, 3.8) is 0 Å². The molecule has 0 radical (unpaired) electrons. The molecule has 0 bridgehead atoms. The van der Waals surface area contributed by atoms with Crippen molar-refractivity contribution in [3.8, 4) is 0 Å². The Balaban J connectivity index is 1.66. The van der Waals surface area contributed by atoms with Gasteiger partial charge in [-0.1, -0.05) is 0 Å². The average Bonchev–Trinajstić information content (AvgIpc) is 2.92. The SMILES string of the molecule is O=C(O)c1ccc(NC(=O)N2Cc3ccncc3C2)cc1. The number of nitrogens with one attached hydrogen (secondary N) is 1. The molecule has 2 N–H and O–H groups in total. The van der Waals surface area contributed by atoms with Gasteiger partial charge in [-0.25, -0.2) is 9.59 Å². The fourth-order valence-corrected chi connectivity index (χ4v) is 2.26. The van der Waals surface area contributed by atoms with Crippen LogP contribution in [0.25, 0.3) is 0 Å². The number of hydrogen-bond acceptors (Lipinski definition) is 3. The highest BCUT2D eigenvalue weighted by Gasteiger charge is 2.23. The molecule has 106 valence electrons. The number of amides is 2. The maximum Gasteiger partial charge on any atom is 0.335 e. The first-order valence-corrected chi connectivity index (χ1v) is 6.44. The number of pyridine rings is 1. The number of rotatable bonds is 2. The fraction of sp³-hybridized carbons (Fsp3) is 0.133. The smallest absolute Gasteiger partial charge is 0.335 e. The Labute approximate surface area is 121 Å². The molecule has 3 rings (SSSR count). The summed E-state index contributed by atoms with van der Waals surface area (Å²) in [5.41, 5.74) is 2.90. The maximum atomic E-state index is 12.2. The van der Waals surface area contributed by atoms with Crippen molar-refractivity contribution in [3.05, 3.63) is 59.4 Å². The van der Waals surface area contributed by atoms with Crippen molar-refractivity contribution < 1.29 is 14.7 Å². The lowest BCUT2D eigenvalue weighted by Gasteiger charge is -2.16. The van der Waals surface area contributed by atoms with E-state index in [2.05, 4.69) is 10.3 Å². The van der Waals surface area contributed by atoms with E-state index in [-0.39, 0.29) is 11.6 Å². The number of aromatic carboxylic acids is 1. The van der Waals surface area contributed by atoms with E-state index in [1.54, 1.807) is 29.4 Å². The van der Waals surface area contributed by atoms with Crippen LogP contribution in [0, 0.1) is 0 Å². The molecular formula is C15H13N3O3. The second-order valence-electron chi connectivity index (χ2n) is 4.81. The number of carboxylic acids is 1. The van der Waals surface area contributed by atoms with Crippen LogP contribution in [0.5, 0.6) is 0 Å². The lowest BCUT2D eigenvalue weighted by atomic mass is 10.2. The standard InChI is InChI=1S/C15H13N3O3/c19-14(20)10-1-3-13(4-2-10)17-15(21)18-8-11-5-6-16-7-12(11)9-18/h1-7H,8-9H2,(H,17,21)(H,19,20). The number of hydrogen-bond donors (Lipinski definition) is 2. The van der Waals surface area contributed by atoms with Crippen molar-refractivity contribution in [2.45, 2.75) is 13.1 Å². The summed E-state index contributed by atoms with van der Waals surface area (Å²) in [6, 6.07) is 7.76. The Hall–Kier alpha value is -2.89. The Kier molecular flexibility index (Phi) is 3.27. The van der Waals surface area contributed by atoms with Crippen molar-refractivity contribution >= 4 is 17.7 Å². The van der Waals surface area contributed by atoms with Gasteiger partial charge in [0.25, 0.3) is 0 Å². The molecule has 0 spiro atoms. The zero-order valence-electron chi connectivity index (χ0n) is 11.1. The number of anilines is 1. The molecule has 1 aliphatic heterocycles. The first kappa shape index (κ1) is 13.1. The van der Waals surface area contributed by atoms with E-state index < -0.39 is 5.97 Å². The molecule has 1 aromatic heterocycles. The normalized spacial score (nSPS) is 12.9. The van der Waals surface area contributed by atoms with Crippen LogP contribution >= 0.6 is 0 Å². The van der Waals surface area contributed by atoms with Gasteiger partial charge >= 0.3 is 12.0 Å². The van der Waals surface area contributed by atoms with Crippen LogP contribution in [0.1, 0.15) is 21.5 Å². The van der Waals surface area contributed by atoms with E-state index in [0.717, 1.165) is 11.1 Å². The maximum absolute atomic E-state index is 12.2. The first-order valence-electron chi connectivity index (χ1n) is 6.44. The van der Waals surface area contributed by atoms with E-state index in [9.17, 15) is 9.59 Å². The minimum atomic E-state index is -0.990. The van der Waals surface area contributed by atoms with Gasteiger partial charge < -0.3 is 15.3 Å². The first-order chi connectivity index (χ1) is 10.1. The third-order valence-electron chi connectivity index (χ3n) is 3.40. The fourth-order valence-electron chi connectivity index (χ4n) is 2.26. The molecule has 6 heteroatoms. The minimum absolute atomic E-state index is 0.188. The zero-order valence-corrected chi connectivity index (χ0v) is 11.1. The van der Waals surface area contributed by atoms with Gasteiger partial charge in [0.1, 0.15) is 0 Å². The molecule has 6 nitrogen and oxygen atoms in total. The van der Waals surface area contributed by atoms with Gasteiger partial charge in [-0.15, -0.1) is 0 Å². The topological polar surface area (TPSA) is 82.5 Å². The monoisotopic (exact) mass is 283 g/mol. The lowest BCUT2D eigenvalue weighted by Crippen LogP contribution is -2.30. The minimum Gasteiger partial charge on any atom is -0.478 e. The van der Waals surface area contributed by atoms with Gasteiger partial charge in [-0.2, -0.15) is 0 Å². The average molecular weight is 283 g/mol. The Bertz CT molecular complexity index is 673. The summed E-state index contributed by atoms with van der Waals surface area (Å²) in [6.07, 6.45) is 3.48. The van der Waals surface area contributed by atoms with Gasteiger partial charge in [0.2, 0.25) is 0 Å². The molecule has 0 saturated carbocycles. The summed E-state index contributed by atoms with van der Waals surface area (Å²) >= 11 is 0. The molecule has 2 heterocycles. The van der Waals surface area contributed by atoms with Crippen molar-refractivity contribution in [1.29, 1.82) is 0 Å². The van der Waals surface area contributed by atoms with E-state index in [0.29, 0.717) is 18.8 Å². The number of carbonyl (C=O) groups excluding carboxylic acids is 1. The predicted octanol–water partition coefficient (Wildman–Crippen LogP) is 2.33. The molecule has 2 aromatic rings. The molecule has 0 aliphatic carbocycles. The van der Waals surface area contributed by atoms with Crippen LogP contribution in [0.15, 0.2) is 42.7 Å². The van der Waals surface area contributed by atoms with E-state index in [4.69, 9.17) is 5.11 Å². The van der Waals surface area contributed by atoms with Crippen LogP contribution < -0.4 is 5.32 Å². The molecule has 2 amide bonds. The summed E-state index contributed by atoms with van der Waals surface area (Å²) < 4.78 is 0. The van der Waals surface area contributed by atoms with E-state index in [1.807, 2.05) is 6.07 Å². The van der Waals surface area contributed by atoms with Gasteiger partial charge in [0, 0.05) is 31.2 Å². The zero-order chi connectivity index (χ0) is 14.8. The van der Waals surface area contributed by atoms with Gasteiger partial charge in [0.05, 0.1) is 5.56 Å². The van der Waals surface area contributed by atoms with E-state index >= 15 is 0 Å². The second-order valence-corrected chi connectivity index (χ2v) is 4.81. The number of urea groups is 1. The van der Waals surface area contributed by atoms with Crippen LogP contribution in [0.3, 0.4) is 0 Å². The quantitative estimate of drug-likeness (QED) is 0.886. The summed E-state index contributed by atoms with van der Waals surface area (Å²) in [5.74, 6) is -0.990. The number of benzene rings is 1. The van der Waals surface area contributed by atoms with Gasteiger partial charge in [-0.05, 0) is 41.5 Å². The Morgan fingerprint density at radius 2 is 1.81 bits per heavy atom. The molecule has 1 aromatic carbocycles. The number of carbonyl (C=O) groups is 2. The largest absolute Gasteiger partial charge is 0.478 e. The number of nitrogens with zero attached hydrogens (tertiary/aromatic N) is 2. The van der Waals surface area contributed by atoms with Gasteiger partial charge in [0.15, 0.2) is 0 Å². The Morgan fingerprint density at radius 1 is 1.10 bits per heavy atom. The molecule has 0 unspecified atom stereocenters. The third kappa shape index (κ3) is 2.69. The van der Waals surface area contributed by atoms with Crippen molar-refractivity contribution in [1.82, 2.24) is 9.88 Å². The lowest BCUT2D eigenvalue weighted by molar-refractivity contribution is 0.0697. The van der Waals surface area contributed by atoms with Crippen molar-refractivity contribution in [2.24, 2.45) is 0 Å². The van der Waals surface area contributed by atoms with Crippen LogP contribution in [0.2, 0.25) is 0 Å². The van der Waals surface area contributed by atoms with Crippen molar-refractivity contribution in [2.75, 3.05) is 5.32 Å². The van der Waals surface area contributed by atoms with Crippen LogP contribution in [-0.2, 0) is 13.1 Å². The molecule has 1 aliphatic rings. The summed E-state index contributed by atoms with van der Waals surface area (Å²) in [4.78, 5) is 28.7. The molecule has 21 heavy (non-hydrogen) atoms. The van der Waals surface area contributed by atoms with Gasteiger partial charge in [-0.3, -0.25) is 4.98 Å². The predicted molar refractivity (Wildman–Crippen MR) is 75.9 cm³/mol. The summed E-state index contributed by atoms with van der Waals surface area (Å²) in [5, 5.41) is 11.6. The highest BCUT2D eigenvalue weighted by molar-refractivity contribution is 5.91. The third-order valence-corrected chi connectivity index (χ3v) is 3.40. The number of fused-ring (bicyclic) bond motifs is 1. The molecule has 0 fully saturated rings. The molecule has 0 atom stereocenters. The second kappa shape index (κ2) is 5.24. The highest BCUT2D eigenvalue weighted by Crippen LogP contribution is 2.22. The molecule has 0 saturated heterocycles. The van der Waals surface area contributed by atoms with E-state index in [1.165, 1.54) is 12.1 Å². The number of carboxylic acid groups (broad SMARTS) is 1. The Morgan fingerprint density at radius 3 is 2.48 bits per heavy atom. The van der Waals surface area contributed by atoms with Crippen LogP contribution in [-0.4, -0.2) is 27.0 Å². The number of aromatic nitrogens is 1.